The Labute approximate surface area is 88.9 Å². The van der Waals surface area contributed by atoms with Crippen molar-refractivity contribution in [3.63, 3.8) is 0 Å². The Kier molecular flexibility index (Phi) is 3.16. The normalized spacial score (nSPS) is 26.3. The zero-order chi connectivity index (χ0) is 10.7. The highest BCUT2D eigenvalue weighted by atomic mass is 19.1. The topological polar surface area (TPSA) is 50.9 Å². The molecule has 0 aromatic carbocycles. The molecule has 4 heteroatoms. The summed E-state index contributed by atoms with van der Waals surface area (Å²) in [5, 5.41) is 3.22. The van der Waals surface area contributed by atoms with Gasteiger partial charge in [-0.25, -0.2) is 4.98 Å². The van der Waals surface area contributed by atoms with Crippen LogP contribution in [0.3, 0.4) is 0 Å². The van der Waals surface area contributed by atoms with E-state index in [1.54, 1.807) is 12.1 Å². The highest BCUT2D eigenvalue weighted by Gasteiger charge is 2.19. The number of nitrogens with one attached hydrogen (secondary N) is 1. The monoisotopic (exact) mass is 209 g/mol. The Hall–Kier alpha value is -1.16. The van der Waals surface area contributed by atoms with E-state index in [0.717, 1.165) is 25.7 Å². The van der Waals surface area contributed by atoms with E-state index in [9.17, 15) is 4.39 Å². The molecule has 0 aliphatic heterocycles. The van der Waals surface area contributed by atoms with Gasteiger partial charge in [-0.1, -0.05) is 6.07 Å². The lowest BCUT2D eigenvalue weighted by molar-refractivity contribution is 0.408. The third-order valence-electron chi connectivity index (χ3n) is 2.78. The number of nitrogens with zero attached hydrogens (tertiary/aromatic N) is 1. The van der Waals surface area contributed by atoms with Crippen molar-refractivity contribution in [2.24, 2.45) is 5.73 Å². The molecule has 0 saturated heterocycles. The number of hydrogen-bond acceptors (Lipinski definition) is 3. The third kappa shape index (κ3) is 2.89. The number of aromatic nitrogens is 1. The molecule has 1 aliphatic carbocycles. The van der Waals surface area contributed by atoms with E-state index >= 15 is 0 Å². The minimum absolute atomic E-state index is 0.268. The fraction of sp³-hybridized carbons (Fsp3) is 0.545. The quantitative estimate of drug-likeness (QED) is 0.731. The minimum atomic E-state index is -0.444. The molecule has 2 rings (SSSR count). The first-order valence-electron chi connectivity index (χ1n) is 5.39. The van der Waals surface area contributed by atoms with E-state index in [2.05, 4.69) is 10.3 Å². The lowest BCUT2D eigenvalue weighted by atomic mass is 9.92. The first kappa shape index (κ1) is 10.4. The number of pyridine rings is 1. The molecule has 2 atom stereocenters. The molecular formula is C11H16FN3. The average Bonchev–Trinajstić information content (AvgIpc) is 2.17. The van der Waals surface area contributed by atoms with E-state index in [1.165, 1.54) is 6.07 Å². The summed E-state index contributed by atoms with van der Waals surface area (Å²) >= 11 is 0. The second kappa shape index (κ2) is 4.57. The molecule has 1 heterocycles. The fourth-order valence-corrected chi connectivity index (χ4v) is 2.06. The van der Waals surface area contributed by atoms with Gasteiger partial charge in [-0.05, 0) is 37.8 Å². The van der Waals surface area contributed by atoms with Gasteiger partial charge >= 0.3 is 0 Å². The molecule has 1 fully saturated rings. The van der Waals surface area contributed by atoms with Crippen molar-refractivity contribution in [3.05, 3.63) is 24.1 Å². The zero-order valence-corrected chi connectivity index (χ0v) is 8.62. The predicted octanol–water partition coefficient (Wildman–Crippen LogP) is 1.90. The van der Waals surface area contributed by atoms with Crippen molar-refractivity contribution in [1.29, 1.82) is 0 Å². The van der Waals surface area contributed by atoms with Gasteiger partial charge in [0.1, 0.15) is 5.82 Å². The van der Waals surface area contributed by atoms with Crippen LogP contribution in [-0.4, -0.2) is 17.1 Å². The predicted molar refractivity (Wildman–Crippen MR) is 58.0 cm³/mol. The van der Waals surface area contributed by atoms with Crippen molar-refractivity contribution in [1.82, 2.24) is 4.98 Å². The average molecular weight is 209 g/mol. The largest absolute Gasteiger partial charge is 0.367 e. The highest BCUT2D eigenvalue weighted by Crippen LogP contribution is 2.20. The summed E-state index contributed by atoms with van der Waals surface area (Å²) in [6.07, 6.45) is 4.26. The maximum atomic E-state index is 12.8. The molecule has 0 radical (unpaired) electrons. The standard InChI is InChI=1S/C11H16FN3/c12-10-5-2-6-11(15-10)14-9-4-1-3-8(13)7-9/h2,5-6,8-9H,1,3-4,7,13H2,(H,14,15). The van der Waals surface area contributed by atoms with Crippen LogP contribution in [0.5, 0.6) is 0 Å². The SMILES string of the molecule is NC1CCCC(Nc2cccc(F)n2)C1. The Morgan fingerprint density at radius 1 is 1.40 bits per heavy atom. The summed E-state index contributed by atoms with van der Waals surface area (Å²) in [6, 6.07) is 5.39. The van der Waals surface area contributed by atoms with Crippen LogP contribution in [0.25, 0.3) is 0 Å². The Morgan fingerprint density at radius 2 is 2.27 bits per heavy atom. The molecule has 2 unspecified atom stereocenters. The minimum Gasteiger partial charge on any atom is -0.367 e. The van der Waals surface area contributed by atoms with Crippen molar-refractivity contribution in [2.45, 2.75) is 37.8 Å². The van der Waals surface area contributed by atoms with E-state index in [0.29, 0.717) is 11.9 Å². The third-order valence-corrected chi connectivity index (χ3v) is 2.78. The van der Waals surface area contributed by atoms with Crippen LogP contribution in [0.1, 0.15) is 25.7 Å². The van der Waals surface area contributed by atoms with Gasteiger partial charge in [-0.2, -0.15) is 4.39 Å². The lowest BCUT2D eigenvalue weighted by Gasteiger charge is -2.27. The smallest absolute Gasteiger partial charge is 0.214 e. The lowest BCUT2D eigenvalue weighted by Crippen LogP contribution is -2.35. The van der Waals surface area contributed by atoms with Gasteiger partial charge in [-0.3, -0.25) is 0 Å². The molecule has 1 saturated carbocycles. The Bertz CT molecular complexity index is 329. The molecule has 1 aromatic rings. The number of anilines is 1. The molecule has 3 N–H and O–H groups in total. The van der Waals surface area contributed by atoms with Gasteiger partial charge in [-0.15, -0.1) is 0 Å². The Balaban J connectivity index is 1.96. The van der Waals surface area contributed by atoms with Gasteiger partial charge < -0.3 is 11.1 Å². The molecule has 82 valence electrons. The summed E-state index contributed by atoms with van der Waals surface area (Å²) in [5.41, 5.74) is 5.87. The molecule has 3 nitrogen and oxygen atoms in total. The molecule has 1 aliphatic rings. The fourth-order valence-electron chi connectivity index (χ4n) is 2.06. The van der Waals surface area contributed by atoms with Gasteiger partial charge in [0, 0.05) is 12.1 Å². The summed E-state index contributed by atoms with van der Waals surface area (Å²) in [4.78, 5) is 3.77. The van der Waals surface area contributed by atoms with Crippen LogP contribution in [0.4, 0.5) is 10.2 Å². The van der Waals surface area contributed by atoms with E-state index < -0.39 is 5.95 Å². The summed E-state index contributed by atoms with van der Waals surface area (Å²) in [7, 11) is 0. The number of hydrogen-bond donors (Lipinski definition) is 2. The van der Waals surface area contributed by atoms with Gasteiger partial charge in [0.15, 0.2) is 0 Å². The molecule has 0 bridgehead atoms. The van der Waals surface area contributed by atoms with Crippen molar-refractivity contribution >= 4 is 5.82 Å². The molecule has 1 aromatic heterocycles. The van der Waals surface area contributed by atoms with Crippen LogP contribution in [0, 0.1) is 5.95 Å². The highest BCUT2D eigenvalue weighted by molar-refractivity contribution is 5.34. The van der Waals surface area contributed by atoms with Crippen LogP contribution >= 0.6 is 0 Å². The van der Waals surface area contributed by atoms with Crippen LogP contribution in [0.15, 0.2) is 18.2 Å². The second-order valence-corrected chi connectivity index (χ2v) is 4.11. The molecule has 15 heavy (non-hydrogen) atoms. The summed E-state index contributed by atoms with van der Waals surface area (Å²) in [6.45, 7) is 0. The zero-order valence-electron chi connectivity index (χ0n) is 8.62. The summed E-state index contributed by atoms with van der Waals surface area (Å²) in [5.74, 6) is 0.161. The second-order valence-electron chi connectivity index (χ2n) is 4.11. The summed E-state index contributed by atoms with van der Waals surface area (Å²) < 4.78 is 12.8. The van der Waals surface area contributed by atoms with Crippen LogP contribution in [-0.2, 0) is 0 Å². The Morgan fingerprint density at radius 3 is 3.00 bits per heavy atom. The maximum absolute atomic E-state index is 12.8. The molecular weight excluding hydrogens is 193 g/mol. The van der Waals surface area contributed by atoms with Crippen LogP contribution in [0.2, 0.25) is 0 Å². The first-order chi connectivity index (χ1) is 7.24. The van der Waals surface area contributed by atoms with Crippen molar-refractivity contribution in [3.8, 4) is 0 Å². The number of nitrogens with two attached hydrogens (primary N) is 1. The molecule has 0 amide bonds. The van der Waals surface area contributed by atoms with Crippen molar-refractivity contribution in [2.75, 3.05) is 5.32 Å². The number of rotatable bonds is 2. The van der Waals surface area contributed by atoms with Crippen LogP contribution < -0.4 is 11.1 Å². The number of halogens is 1. The van der Waals surface area contributed by atoms with E-state index in [4.69, 9.17) is 5.73 Å². The van der Waals surface area contributed by atoms with Gasteiger partial charge in [0.05, 0.1) is 0 Å². The van der Waals surface area contributed by atoms with E-state index in [-0.39, 0.29) is 6.04 Å². The van der Waals surface area contributed by atoms with Gasteiger partial charge in [0.2, 0.25) is 5.95 Å². The van der Waals surface area contributed by atoms with E-state index in [1.807, 2.05) is 0 Å². The molecule has 0 spiro atoms. The van der Waals surface area contributed by atoms with Gasteiger partial charge in [0.25, 0.3) is 0 Å². The van der Waals surface area contributed by atoms with Crippen molar-refractivity contribution < 1.29 is 4.39 Å². The first-order valence-corrected chi connectivity index (χ1v) is 5.39. The maximum Gasteiger partial charge on any atom is 0.214 e.